The summed E-state index contributed by atoms with van der Waals surface area (Å²) in [6.07, 6.45) is 3.57. The van der Waals surface area contributed by atoms with Crippen LogP contribution in [-0.4, -0.2) is 27.9 Å². The molecular weight excluding hydrogens is 276 g/mol. The van der Waals surface area contributed by atoms with E-state index in [0.29, 0.717) is 16.4 Å². The monoisotopic (exact) mass is 292 g/mol. The van der Waals surface area contributed by atoms with Crippen LogP contribution in [0.4, 0.5) is 11.8 Å². The van der Waals surface area contributed by atoms with Crippen molar-refractivity contribution in [1.82, 2.24) is 9.97 Å². The van der Waals surface area contributed by atoms with Gasteiger partial charge in [-0.2, -0.15) is 4.98 Å². The first-order chi connectivity index (χ1) is 9.65. The van der Waals surface area contributed by atoms with E-state index in [1.165, 1.54) is 0 Å². The van der Waals surface area contributed by atoms with Crippen molar-refractivity contribution >= 4 is 40.5 Å². The van der Waals surface area contributed by atoms with Gasteiger partial charge < -0.3 is 10.8 Å². The molecule has 0 fully saturated rings. The number of fused-ring (bicyclic) bond motifs is 1. The molecule has 0 spiro atoms. The van der Waals surface area contributed by atoms with E-state index < -0.39 is 0 Å². The molecule has 0 unspecified atom stereocenters. The maximum absolute atomic E-state index is 9.28. The maximum atomic E-state index is 9.28. The van der Waals surface area contributed by atoms with Crippen molar-refractivity contribution in [3.63, 3.8) is 0 Å². The third-order valence-corrected chi connectivity index (χ3v) is 3.28. The van der Waals surface area contributed by atoms with Crippen LogP contribution >= 0.6 is 11.6 Å². The Morgan fingerprint density at radius 3 is 2.95 bits per heavy atom. The van der Waals surface area contributed by atoms with Gasteiger partial charge in [-0.15, -0.1) is 0 Å². The van der Waals surface area contributed by atoms with Gasteiger partial charge in [-0.1, -0.05) is 31.0 Å². The minimum atomic E-state index is 0.0189. The molecule has 0 radical (unpaired) electrons. The second kappa shape index (κ2) is 6.63. The summed E-state index contributed by atoms with van der Waals surface area (Å²) in [5.74, 6) is 0.628. The van der Waals surface area contributed by atoms with Crippen LogP contribution in [0, 0.1) is 5.92 Å². The number of nitrogens with zero attached hydrogens (tertiary/aromatic N) is 3. The Morgan fingerprint density at radius 2 is 2.25 bits per heavy atom. The Kier molecular flexibility index (Phi) is 4.87. The number of rotatable bonds is 5. The number of benzene rings is 1. The van der Waals surface area contributed by atoms with Crippen molar-refractivity contribution in [2.24, 2.45) is 10.9 Å². The lowest BCUT2D eigenvalue weighted by Crippen LogP contribution is -2.06. The molecule has 0 saturated carbocycles. The summed E-state index contributed by atoms with van der Waals surface area (Å²) in [6, 6.07) is 5.41. The fraction of sp³-hybridized carbons (Fsp3) is 0.357. The number of nitrogen functional groups attached to an aromatic ring is 1. The molecular formula is C14H17ClN4O. The molecule has 20 heavy (non-hydrogen) atoms. The Hall–Kier alpha value is -1.72. The van der Waals surface area contributed by atoms with E-state index in [-0.39, 0.29) is 18.5 Å². The Morgan fingerprint density at radius 1 is 1.45 bits per heavy atom. The van der Waals surface area contributed by atoms with Gasteiger partial charge in [0.25, 0.3) is 0 Å². The van der Waals surface area contributed by atoms with Crippen molar-refractivity contribution in [3.8, 4) is 0 Å². The summed E-state index contributed by atoms with van der Waals surface area (Å²) >= 11 is 6.10. The first kappa shape index (κ1) is 14.7. The average molecular weight is 293 g/mol. The lowest BCUT2D eigenvalue weighted by molar-refractivity contribution is 0.257. The van der Waals surface area contributed by atoms with Gasteiger partial charge in [-0.25, -0.2) is 9.98 Å². The van der Waals surface area contributed by atoms with E-state index in [0.717, 1.165) is 18.2 Å². The van der Waals surface area contributed by atoms with Crippen LogP contribution in [0.5, 0.6) is 0 Å². The molecule has 1 heterocycles. The summed E-state index contributed by atoms with van der Waals surface area (Å²) in [6.45, 7) is 2.13. The first-order valence-corrected chi connectivity index (χ1v) is 6.90. The molecule has 5 nitrogen and oxygen atoms in total. The molecule has 0 aliphatic carbocycles. The molecule has 0 aliphatic heterocycles. The van der Waals surface area contributed by atoms with E-state index in [1.807, 2.05) is 12.1 Å². The number of halogens is 1. The molecule has 0 saturated heterocycles. The number of anilines is 1. The molecule has 0 aliphatic rings. The highest BCUT2D eigenvalue weighted by Gasteiger charge is 2.09. The smallest absolute Gasteiger partial charge is 0.222 e. The highest BCUT2D eigenvalue weighted by molar-refractivity contribution is 6.35. The zero-order valence-electron chi connectivity index (χ0n) is 11.3. The predicted octanol–water partition coefficient (Wildman–Crippen LogP) is 2.98. The molecule has 106 valence electrons. The number of aliphatic hydroxyl groups excluding tert-OH is 1. The van der Waals surface area contributed by atoms with Gasteiger partial charge in [0.2, 0.25) is 5.95 Å². The largest absolute Gasteiger partial charge is 0.396 e. The molecule has 2 rings (SSSR count). The fourth-order valence-electron chi connectivity index (χ4n) is 1.98. The number of aromatic nitrogens is 2. The van der Waals surface area contributed by atoms with Crippen molar-refractivity contribution in [2.75, 3.05) is 12.3 Å². The number of nitrogens with two attached hydrogens (primary N) is 1. The summed E-state index contributed by atoms with van der Waals surface area (Å²) in [4.78, 5) is 12.6. The van der Waals surface area contributed by atoms with Crippen molar-refractivity contribution in [2.45, 2.75) is 19.8 Å². The molecule has 1 atom stereocenters. The van der Waals surface area contributed by atoms with Gasteiger partial charge in [0, 0.05) is 17.5 Å². The number of hydrogen-bond acceptors (Lipinski definition) is 5. The van der Waals surface area contributed by atoms with Gasteiger partial charge in [0.1, 0.15) is 0 Å². The first-order valence-electron chi connectivity index (χ1n) is 6.52. The van der Waals surface area contributed by atoms with E-state index in [4.69, 9.17) is 17.3 Å². The van der Waals surface area contributed by atoms with Gasteiger partial charge in [-0.3, -0.25) is 0 Å². The summed E-state index contributed by atoms with van der Waals surface area (Å²) < 4.78 is 0. The number of hydrogen-bond donors (Lipinski definition) is 2. The molecule has 6 heteroatoms. The number of para-hydroxylation sites is 1. The van der Waals surface area contributed by atoms with Gasteiger partial charge in [-0.05, 0) is 18.6 Å². The van der Waals surface area contributed by atoms with Crippen LogP contribution in [0.2, 0.25) is 5.02 Å². The molecule has 2 aromatic rings. The topological polar surface area (TPSA) is 84.4 Å². The Balaban J connectivity index is 2.43. The van der Waals surface area contributed by atoms with E-state index in [9.17, 15) is 5.11 Å². The van der Waals surface area contributed by atoms with Crippen molar-refractivity contribution in [3.05, 3.63) is 23.2 Å². The third kappa shape index (κ3) is 3.23. The molecule has 0 bridgehead atoms. The average Bonchev–Trinajstić information content (AvgIpc) is 2.44. The highest BCUT2D eigenvalue weighted by Crippen LogP contribution is 2.28. The zero-order chi connectivity index (χ0) is 14.5. The summed E-state index contributed by atoms with van der Waals surface area (Å²) in [7, 11) is 0. The van der Waals surface area contributed by atoms with Crippen LogP contribution in [0.25, 0.3) is 10.9 Å². The second-order valence-corrected chi connectivity index (χ2v) is 4.96. The van der Waals surface area contributed by atoms with Crippen LogP contribution in [0.15, 0.2) is 23.2 Å². The zero-order valence-corrected chi connectivity index (χ0v) is 12.0. The number of aliphatic hydroxyl groups is 1. The second-order valence-electron chi connectivity index (χ2n) is 4.55. The predicted molar refractivity (Wildman–Crippen MR) is 82.6 cm³/mol. The minimum Gasteiger partial charge on any atom is -0.396 e. The molecule has 3 N–H and O–H groups in total. The third-order valence-electron chi connectivity index (χ3n) is 2.98. The van der Waals surface area contributed by atoms with Gasteiger partial charge in [0.05, 0.1) is 17.1 Å². The Bertz CT molecular complexity index is 630. The number of aliphatic imine (C=N–C) groups is 1. The van der Waals surface area contributed by atoms with Gasteiger partial charge >= 0.3 is 0 Å². The van der Waals surface area contributed by atoms with Crippen LogP contribution in [-0.2, 0) is 0 Å². The lowest BCUT2D eigenvalue weighted by Gasteiger charge is -2.07. The van der Waals surface area contributed by atoms with E-state index >= 15 is 0 Å². The Labute approximate surface area is 122 Å². The van der Waals surface area contributed by atoms with Crippen LogP contribution in [0.1, 0.15) is 19.8 Å². The van der Waals surface area contributed by atoms with E-state index in [2.05, 4.69) is 21.9 Å². The minimum absolute atomic E-state index is 0.0189. The standard InChI is InChI=1S/C14H17ClN4O/c1-2-4-9(8-20)7-17-13-10-5-3-6-11(15)12(10)18-14(16)19-13/h3,5-7,9,20H,2,4,8H2,1H3,(H2,16,18,19)/t9-/m1/s1. The summed E-state index contributed by atoms with van der Waals surface area (Å²) in [5.41, 5.74) is 6.27. The normalized spacial score (nSPS) is 13.2. The quantitative estimate of drug-likeness (QED) is 0.830. The van der Waals surface area contributed by atoms with Crippen molar-refractivity contribution in [1.29, 1.82) is 0 Å². The molecule has 1 aromatic carbocycles. The van der Waals surface area contributed by atoms with Gasteiger partial charge in [0.15, 0.2) is 5.82 Å². The SMILES string of the molecule is CCC[C@H](C=Nc1nc(N)nc2c(Cl)cccc12)CO. The van der Waals surface area contributed by atoms with Crippen molar-refractivity contribution < 1.29 is 5.11 Å². The molecule has 0 amide bonds. The van der Waals surface area contributed by atoms with Crippen LogP contribution in [0.3, 0.4) is 0 Å². The highest BCUT2D eigenvalue weighted by atomic mass is 35.5. The van der Waals surface area contributed by atoms with Crippen LogP contribution < -0.4 is 5.73 Å². The fourth-order valence-corrected chi connectivity index (χ4v) is 2.19. The lowest BCUT2D eigenvalue weighted by atomic mass is 10.1. The summed E-state index contributed by atoms with van der Waals surface area (Å²) in [5, 5.41) is 10.5. The molecule has 1 aromatic heterocycles. The maximum Gasteiger partial charge on any atom is 0.222 e. The van der Waals surface area contributed by atoms with E-state index in [1.54, 1.807) is 12.3 Å².